The molecule has 0 radical (unpaired) electrons. The SMILES string of the molecule is CC1(C)CCCN(Cc2cnc(Cl)nc2Cl)C1. The molecule has 1 fully saturated rings. The van der Waals surface area contributed by atoms with E-state index in [0.29, 0.717) is 10.6 Å². The van der Waals surface area contributed by atoms with Crippen molar-refractivity contribution in [1.29, 1.82) is 0 Å². The maximum Gasteiger partial charge on any atom is 0.223 e. The van der Waals surface area contributed by atoms with Gasteiger partial charge in [0.2, 0.25) is 5.28 Å². The van der Waals surface area contributed by atoms with Gasteiger partial charge in [-0.15, -0.1) is 0 Å². The lowest BCUT2D eigenvalue weighted by molar-refractivity contribution is 0.111. The van der Waals surface area contributed by atoms with Gasteiger partial charge in [0, 0.05) is 24.8 Å². The summed E-state index contributed by atoms with van der Waals surface area (Å²) >= 11 is 11.7. The minimum atomic E-state index is 0.206. The molecule has 1 aromatic heterocycles. The Hall–Kier alpha value is -0.380. The highest BCUT2D eigenvalue weighted by atomic mass is 35.5. The zero-order valence-corrected chi connectivity index (χ0v) is 11.7. The lowest BCUT2D eigenvalue weighted by Gasteiger charge is -2.38. The Morgan fingerprint density at radius 3 is 2.82 bits per heavy atom. The molecule has 0 atom stereocenters. The highest BCUT2D eigenvalue weighted by Crippen LogP contribution is 2.29. The minimum absolute atomic E-state index is 0.206. The summed E-state index contributed by atoms with van der Waals surface area (Å²) in [5.41, 5.74) is 1.34. The Labute approximate surface area is 112 Å². The van der Waals surface area contributed by atoms with Crippen LogP contribution in [0, 0.1) is 5.41 Å². The molecule has 5 heteroatoms. The number of hydrogen-bond donors (Lipinski definition) is 0. The van der Waals surface area contributed by atoms with Gasteiger partial charge in [-0.05, 0) is 36.4 Å². The lowest BCUT2D eigenvalue weighted by atomic mass is 9.84. The van der Waals surface area contributed by atoms with E-state index in [2.05, 4.69) is 28.7 Å². The molecule has 1 aliphatic rings. The third-order valence-corrected chi connectivity index (χ3v) is 3.67. The molecule has 1 aromatic rings. The van der Waals surface area contributed by atoms with Crippen LogP contribution in [0.15, 0.2) is 6.20 Å². The predicted octanol–water partition coefficient (Wildman–Crippen LogP) is 3.41. The molecule has 0 aliphatic carbocycles. The van der Waals surface area contributed by atoms with Gasteiger partial charge in [-0.1, -0.05) is 25.4 Å². The molecule has 3 nitrogen and oxygen atoms in total. The number of nitrogens with zero attached hydrogens (tertiary/aromatic N) is 3. The summed E-state index contributed by atoms with van der Waals surface area (Å²) in [6.07, 6.45) is 4.24. The van der Waals surface area contributed by atoms with E-state index in [1.807, 2.05) is 0 Å². The van der Waals surface area contributed by atoms with Crippen molar-refractivity contribution in [2.45, 2.75) is 33.2 Å². The summed E-state index contributed by atoms with van der Waals surface area (Å²) in [5, 5.41) is 0.672. The van der Waals surface area contributed by atoms with Crippen LogP contribution in [0.1, 0.15) is 32.3 Å². The summed E-state index contributed by atoms with van der Waals surface area (Å²) in [4.78, 5) is 10.4. The van der Waals surface area contributed by atoms with Gasteiger partial charge >= 0.3 is 0 Å². The fourth-order valence-electron chi connectivity index (χ4n) is 2.39. The first-order valence-corrected chi connectivity index (χ1v) is 6.61. The highest BCUT2D eigenvalue weighted by molar-refractivity contribution is 6.32. The second-order valence-corrected chi connectivity index (χ2v) is 6.13. The van der Waals surface area contributed by atoms with Gasteiger partial charge in [0.05, 0.1) is 0 Å². The molecule has 0 aromatic carbocycles. The average Bonchev–Trinajstić information content (AvgIpc) is 2.21. The largest absolute Gasteiger partial charge is 0.298 e. The average molecular weight is 274 g/mol. The lowest BCUT2D eigenvalue weighted by Crippen LogP contribution is -2.39. The number of halogens is 2. The summed E-state index contributed by atoms with van der Waals surface area (Å²) in [6, 6.07) is 0. The molecular weight excluding hydrogens is 257 g/mol. The standard InChI is InChI=1S/C12H17Cl2N3/c1-12(2)4-3-5-17(8-12)7-9-6-15-11(14)16-10(9)13/h6H,3-5,7-8H2,1-2H3. The normalized spacial score (nSPS) is 20.5. The number of aromatic nitrogens is 2. The van der Waals surface area contributed by atoms with Gasteiger partial charge in [0.15, 0.2) is 0 Å². The Bertz CT molecular complexity index is 407. The molecular formula is C12H17Cl2N3. The second kappa shape index (κ2) is 5.09. The number of hydrogen-bond acceptors (Lipinski definition) is 3. The van der Waals surface area contributed by atoms with E-state index in [0.717, 1.165) is 25.2 Å². The van der Waals surface area contributed by atoms with Crippen LogP contribution in [-0.4, -0.2) is 28.0 Å². The second-order valence-electron chi connectivity index (χ2n) is 5.43. The van der Waals surface area contributed by atoms with Crippen LogP contribution in [0.5, 0.6) is 0 Å². The first-order valence-electron chi connectivity index (χ1n) is 5.86. The monoisotopic (exact) mass is 273 g/mol. The molecule has 0 spiro atoms. The smallest absolute Gasteiger partial charge is 0.223 e. The van der Waals surface area contributed by atoms with Gasteiger partial charge in [-0.3, -0.25) is 4.90 Å². The summed E-state index contributed by atoms with van der Waals surface area (Å²) in [5.74, 6) is 0. The van der Waals surface area contributed by atoms with Crippen molar-refractivity contribution in [3.8, 4) is 0 Å². The van der Waals surface area contributed by atoms with Gasteiger partial charge in [0.1, 0.15) is 5.15 Å². The van der Waals surface area contributed by atoms with Crippen molar-refractivity contribution in [2.24, 2.45) is 5.41 Å². The van der Waals surface area contributed by atoms with E-state index < -0.39 is 0 Å². The maximum absolute atomic E-state index is 6.06. The van der Waals surface area contributed by atoms with Gasteiger partial charge < -0.3 is 0 Å². The molecule has 0 N–H and O–H groups in total. The molecule has 2 rings (SSSR count). The van der Waals surface area contributed by atoms with Gasteiger partial charge in [-0.2, -0.15) is 0 Å². The van der Waals surface area contributed by atoms with Gasteiger partial charge in [0.25, 0.3) is 0 Å². The Morgan fingerprint density at radius 1 is 1.41 bits per heavy atom. The first kappa shape index (κ1) is 13.1. The highest BCUT2D eigenvalue weighted by Gasteiger charge is 2.26. The van der Waals surface area contributed by atoms with E-state index in [1.165, 1.54) is 12.8 Å². The van der Waals surface area contributed by atoms with Gasteiger partial charge in [-0.25, -0.2) is 9.97 Å². The van der Waals surface area contributed by atoms with E-state index in [4.69, 9.17) is 23.2 Å². The molecule has 94 valence electrons. The molecule has 17 heavy (non-hydrogen) atoms. The topological polar surface area (TPSA) is 29.0 Å². The third-order valence-electron chi connectivity index (χ3n) is 3.16. The van der Waals surface area contributed by atoms with Crippen LogP contribution in [0.2, 0.25) is 10.4 Å². The zero-order chi connectivity index (χ0) is 12.5. The van der Waals surface area contributed by atoms with Crippen LogP contribution in [-0.2, 0) is 6.54 Å². The molecule has 0 unspecified atom stereocenters. The number of likely N-dealkylation sites (tertiary alicyclic amines) is 1. The van der Waals surface area contributed by atoms with Crippen molar-refractivity contribution in [1.82, 2.24) is 14.9 Å². The Morgan fingerprint density at radius 2 is 2.18 bits per heavy atom. The molecule has 2 heterocycles. The fourth-order valence-corrected chi connectivity index (χ4v) is 2.76. The molecule has 0 saturated carbocycles. The fraction of sp³-hybridized carbons (Fsp3) is 0.667. The molecule has 1 saturated heterocycles. The van der Waals surface area contributed by atoms with Crippen molar-refractivity contribution in [3.05, 3.63) is 22.2 Å². The summed E-state index contributed by atoms with van der Waals surface area (Å²) in [6.45, 7) is 7.62. The summed E-state index contributed by atoms with van der Waals surface area (Å²) < 4.78 is 0. The van der Waals surface area contributed by atoms with E-state index in [1.54, 1.807) is 6.20 Å². The van der Waals surface area contributed by atoms with Crippen molar-refractivity contribution < 1.29 is 0 Å². The molecule has 1 aliphatic heterocycles. The van der Waals surface area contributed by atoms with Crippen molar-refractivity contribution >= 4 is 23.2 Å². The summed E-state index contributed by atoms with van der Waals surface area (Å²) in [7, 11) is 0. The number of piperidine rings is 1. The Balaban J connectivity index is 2.05. The van der Waals surface area contributed by atoms with Crippen LogP contribution < -0.4 is 0 Å². The van der Waals surface area contributed by atoms with E-state index in [-0.39, 0.29) is 5.28 Å². The van der Waals surface area contributed by atoms with Crippen LogP contribution in [0.25, 0.3) is 0 Å². The van der Waals surface area contributed by atoms with Crippen LogP contribution >= 0.6 is 23.2 Å². The van der Waals surface area contributed by atoms with Crippen LogP contribution in [0.4, 0.5) is 0 Å². The van der Waals surface area contributed by atoms with E-state index in [9.17, 15) is 0 Å². The Kier molecular flexibility index (Phi) is 3.91. The van der Waals surface area contributed by atoms with Crippen molar-refractivity contribution in [3.63, 3.8) is 0 Å². The van der Waals surface area contributed by atoms with Crippen molar-refractivity contribution in [2.75, 3.05) is 13.1 Å². The number of rotatable bonds is 2. The maximum atomic E-state index is 6.06. The first-order chi connectivity index (χ1) is 7.96. The quantitative estimate of drug-likeness (QED) is 0.611. The van der Waals surface area contributed by atoms with E-state index >= 15 is 0 Å². The zero-order valence-electron chi connectivity index (χ0n) is 10.2. The minimum Gasteiger partial charge on any atom is -0.298 e. The molecule has 0 amide bonds. The van der Waals surface area contributed by atoms with Crippen LogP contribution in [0.3, 0.4) is 0 Å². The molecule has 0 bridgehead atoms. The predicted molar refractivity (Wildman–Crippen MR) is 70.3 cm³/mol. The third kappa shape index (κ3) is 3.54.